The van der Waals surface area contributed by atoms with E-state index in [2.05, 4.69) is 29.2 Å². The summed E-state index contributed by atoms with van der Waals surface area (Å²) >= 11 is 0. The number of carbonyl (C=O) groups is 1. The third kappa shape index (κ3) is 2.16. The topological polar surface area (TPSA) is 29.5 Å². The minimum atomic E-state index is -0.286. The number of nitrogens with zero attached hydrogens (tertiary/aromatic N) is 1. The Bertz CT molecular complexity index is 491. The van der Waals surface area contributed by atoms with E-state index in [4.69, 9.17) is 4.74 Å². The zero-order valence-corrected chi connectivity index (χ0v) is 11.7. The van der Waals surface area contributed by atoms with E-state index in [1.54, 1.807) is 0 Å². The van der Waals surface area contributed by atoms with Crippen molar-refractivity contribution in [1.82, 2.24) is 4.90 Å². The first-order valence-electron chi connectivity index (χ1n) is 7.02. The molecule has 3 rings (SSSR count). The molecule has 0 saturated carbocycles. The summed E-state index contributed by atoms with van der Waals surface area (Å²) in [5.74, 6) is -0.0695. The largest absolute Gasteiger partial charge is 0.469 e. The van der Waals surface area contributed by atoms with Crippen LogP contribution in [0.15, 0.2) is 24.3 Å². The monoisotopic (exact) mass is 259 g/mol. The lowest BCUT2D eigenvalue weighted by atomic mass is 9.78. The summed E-state index contributed by atoms with van der Waals surface area (Å²) in [6.07, 6.45) is 3.48. The van der Waals surface area contributed by atoms with Crippen LogP contribution in [0.4, 0.5) is 0 Å². The number of hydrogen-bond acceptors (Lipinski definition) is 3. The number of likely N-dealkylation sites (tertiary alicyclic amines) is 1. The second-order valence-corrected chi connectivity index (χ2v) is 6.12. The maximum absolute atomic E-state index is 11.7. The van der Waals surface area contributed by atoms with E-state index in [1.807, 2.05) is 6.92 Å². The minimum absolute atomic E-state index is 0.0695. The second-order valence-electron chi connectivity index (χ2n) is 6.12. The smallest absolute Gasteiger partial charge is 0.314 e. The summed E-state index contributed by atoms with van der Waals surface area (Å²) in [6, 6.07) is 9.31. The van der Waals surface area contributed by atoms with Crippen molar-refractivity contribution in [2.75, 3.05) is 20.2 Å². The van der Waals surface area contributed by atoms with Crippen LogP contribution in [0.2, 0.25) is 0 Å². The second kappa shape index (κ2) is 4.64. The SMILES string of the molecule is COC(=O)C1(C)CN(C2CCc3ccccc3C2)C1. The molecule has 1 unspecified atom stereocenters. The van der Waals surface area contributed by atoms with Crippen molar-refractivity contribution in [2.24, 2.45) is 5.41 Å². The number of aryl methyl sites for hydroxylation is 1. The van der Waals surface area contributed by atoms with Gasteiger partial charge in [0.15, 0.2) is 0 Å². The summed E-state index contributed by atoms with van der Waals surface area (Å²) < 4.78 is 4.88. The van der Waals surface area contributed by atoms with E-state index in [1.165, 1.54) is 24.7 Å². The van der Waals surface area contributed by atoms with Crippen molar-refractivity contribution in [3.63, 3.8) is 0 Å². The molecular weight excluding hydrogens is 238 g/mol. The number of ether oxygens (including phenoxy) is 1. The van der Waals surface area contributed by atoms with E-state index in [0.29, 0.717) is 6.04 Å². The van der Waals surface area contributed by atoms with Gasteiger partial charge in [0.1, 0.15) is 0 Å². The van der Waals surface area contributed by atoms with Crippen molar-refractivity contribution in [2.45, 2.75) is 32.2 Å². The molecular formula is C16H21NO2. The molecule has 1 aromatic carbocycles. The van der Waals surface area contributed by atoms with Gasteiger partial charge in [-0.1, -0.05) is 24.3 Å². The van der Waals surface area contributed by atoms with Gasteiger partial charge in [-0.2, -0.15) is 0 Å². The third-order valence-corrected chi connectivity index (χ3v) is 4.62. The minimum Gasteiger partial charge on any atom is -0.469 e. The number of hydrogen-bond donors (Lipinski definition) is 0. The average molecular weight is 259 g/mol. The van der Waals surface area contributed by atoms with E-state index >= 15 is 0 Å². The van der Waals surface area contributed by atoms with Crippen LogP contribution in [0.5, 0.6) is 0 Å². The van der Waals surface area contributed by atoms with Crippen molar-refractivity contribution < 1.29 is 9.53 Å². The zero-order valence-electron chi connectivity index (χ0n) is 11.7. The number of carbonyl (C=O) groups excluding carboxylic acids is 1. The molecule has 1 saturated heterocycles. The predicted molar refractivity (Wildman–Crippen MR) is 74.0 cm³/mol. The first-order chi connectivity index (χ1) is 9.12. The van der Waals surface area contributed by atoms with Crippen LogP contribution in [0.1, 0.15) is 24.5 Å². The van der Waals surface area contributed by atoms with E-state index in [-0.39, 0.29) is 11.4 Å². The van der Waals surface area contributed by atoms with Gasteiger partial charge in [0.25, 0.3) is 0 Å². The van der Waals surface area contributed by atoms with Gasteiger partial charge in [-0.25, -0.2) is 0 Å². The van der Waals surface area contributed by atoms with Crippen molar-refractivity contribution in [3.05, 3.63) is 35.4 Å². The quantitative estimate of drug-likeness (QED) is 0.761. The molecule has 0 aromatic heterocycles. The van der Waals surface area contributed by atoms with Gasteiger partial charge in [-0.3, -0.25) is 9.69 Å². The summed E-state index contributed by atoms with van der Waals surface area (Å²) in [5, 5.41) is 0. The molecule has 1 atom stereocenters. The van der Waals surface area contributed by atoms with Crippen LogP contribution in [-0.2, 0) is 22.4 Å². The van der Waals surface area contributed by atoms with Crippen LogP contribution >= 0.6 is 0 Å². The van der Waals surface area contributed by atoms with Crippen LogP contribution in [-0.4, -0.2) is 37.1 Å². The molecule has 0 bridgehead atoms. The molecule has 19 heavy (non-hydrogen) atoms. The van der Waals surface area contributed by atoms with Gasteiger partial charge in [-0.05, 0) is 37.3 Å². The Morgan fingerprint density at radius 1 is 1.32 bits per heavy atom. The number of fused-ring (bicyclic) bond motifs is 1. The summed E-state index contributed by atoms with van der Waals surface area (Å²) in [5.41, 5.74) is 2.69. The number of rotatable bonds is 2. The normalized spacial score (nSPS) is 25.3. The predicted octanol–water partition coefficient (Wildman–Crippen LogP) is 2.04. The first kappa shape index (κ1) is 12.7. The zero-order chi connectivity index (χ0) is 13.5. The molecule has 1 aromatic rings. The van der Waals surface area contributed by atoms with E-state index in [0.717, 1.165) is 25.9 Å². The Kier molecular flexibility index (Phi) is 3.09. The van der Waals surface area contributed by atoms with Gasteiger partial charge in [-0.15, -0.1) is 0 Å². The number of methoxy groups -OCH3 is 1. The maximum Gasteiger partial charge on any atom is 0.314 e. The highest BCUT2D eigenvalue weighted by atomic mass is 16.5. The Morgan fingerprint density at radius 3 is 2.68 bits per heavy atom. The van der Waals surface area contributed by atoms with Crippen LogP contribution in [0, 0.1) is 5.41 Å². The highest BCUT2D eigenvalue weighted by Gasteiger charge is 2.48. The van der Waals surface area contributed by atoms with Crippen LogP contribution in [0.3, 0.4) is 0 Å². The van der Waals surface area contributed by atoms with Gasteiger partial charge >= 0.3 is 5.97 Å². The molecule has 3 heteroatoms. The Labute approximate surface area is 114 Å². The first-order valence-corrected chi connectivity index (χ1v) is 7.02. The fourth-order valence-corrected chi connectivity index (χ4v) is 3.47. The van der Waals surface area contributed by atoms with Gasteiger partial charge in [0, 0.05) is 19.1 Å². The molecule has 1 aliphatic carbocycles. The van der Waals surface area contributed by atoms with Gasteiger partial charge < -0.3 is 4.74 Å². The number of benzene rings is 1. The van der Waals surface area contributed by atoms with Gasteiger partial charge in [0.05, 0.1) is 12.5 Å². The van der Waals surface area contributed by atoms with E-state index < -0.39 is 0 Å². The lowest BCUT2D eigenvalue weighted by Crippen LogP contribution is -2.62. The van der Waals surface area contributed by atoms with Gasteiger partial charge in [0.2, 0.25) is 0 Å². The summed E-state index contributed by atoms with van der Waals surface area (Å²) in [6.45, 7) is 3.69. The summed E-state index contributed by atoms with van der Waals surface area (Å²) in [4.78, 5) is 14.1. The standard InChI is InChI=1S/C16H21NO2/c1-16(15(18)19-2)10-17(11-16)14-8-7-12-5-3-4-6-13(12)9-14/h3-6,14H,7-11H2,1-2H3. The third-order valence-electron chi connectivity index (χ3n) is 4.62. The molecule has 1 heterocycles. The molecule has 0 radical (unpaired) electrons. The Hall–Kier alpha value is -1.35. The Balaban J connectivity index is 1.64. The molecule has 1 fully saturated rings. The molecule has 0 spiro atoms. The molecule has 102 valence electrons. The van der Waals surface area contributed by atoms with Crippen LogP contribution < -0.4 is 0 Å². The molecule has 3 nitrogen and oxygen atoms in total. The average Bonchev–Trinajstić information content (AvgIpc) is 2.42. The fraction of sp³-hybridized carbons (Fsp3) is 0.562. The number of esters is 1. The fourth-order valence-electron chi connectivity index (χ4n) is 3.47. The van der Waals surface area contributed by atoms with Crippen molar-refractivity contribution in [1.29, 1.82) is 0 Å². The summed E-state index contributed by atoms with van der Waals surface area (Å²) in [7, 11) is 1.48. The van der Waals surface area contributed by atoms with E-state index in [9.17, 15) is 4.79 Å². The maximum atomic E-state index is 11.7. The van der Waals surface area contributed by atoms with Crippen LogP contribution in [0.25, 0.3) is 0 Å². The van der Waals surface area contributed by atoms with Crippen molar-refractivity contribution in [3.8, 4) is 0 Å². The molecule has 0 amide bonds. The lowest BCUT2D eigenvalue weighted by molar-refractivity contribution is -0.164. The molecule has 0 N–H and O–H groups in total. The molecule has 2 aliphatic rings. The Morgan fingerprint density at radius 2 is 2.00 bits per heavy atom. The molecule has 1 aliphatic heterocycles. The highest BCUT2D eigenvalue weighted by molar-refractivity contribution is 5.78. The van der Waals surface area contributed by atoms with Crippen molar-refractivity contribution >= 4 is 5.97 Å². The highest BCUT2D eigenvalue weighted by Crippen LogP contribution is 2.36. The lowest BCUT2D eigenvalue weighted by Gasteiger charge is -2.50.